The minimum atomic E-state index is -0.328. The van der Waals surface area contributed by atoms with Crippen LogP contribution in [0.15, 0.2) is 0 Å². The lowest BCUT2D eigenvalue weighted by molar-refractivity contribution is -0.121. The molecule has 3 N–H and O–H groups in total. The molecular formula is C21H42O4. The van der Waals surface area contributed by atoms with Crippen LogP contribution >= 0.6 is 0 Å². The van der Waals surface area contributed by atoms with E-state index in [2.05, 4.69) is 6.92 Å². The maximum atomic E-state index is 11.0. The highest BCUT2D eigenvalue weighted by Gasteiger charge is 2.12. The number of aliphatic hydroxyl groups is 3. The summed E-state index contributed by atoms with van der Waals surface area (Å²) in [5.74, 6) is 0.698. The number of ketones is 1. The number of carbonyl (C=O) groups is 1. The van der Waals surface area contributed by atoms with E-state index < -0.39 is 0 Å². The Labute approximate surface area is 155 Å². The normalized spacial score (nSPS) is 13.8. The molecule has 0 heterocycles. The maximum Gasteiger partial charge on any atom is 0.158 e. The van der Waals surface area contributed by atoms with E-state index in [1.54, 1.807) is 0 Å². The lowest BCUT2D eigenvalue weighted by atomic mass is 9.90. The van der Waals surface area contributed by atoms with Gasteiger partial charge < -0.3 is 15.3 Å². The first-order chi connectivity index (χ1) is 12.2. The molecule has 4 nitrogen and oxygen atoms in total. The average molecular weight is 359 g/mol. The van der Waals surface area contributed by atoms with Crippen molar-refractivity contribution < 1.29 is 20.1 Å². The number of Topliss-reactive ketones (excluding diaryl/α,β-unsaturated/α-hetero) is 1. The van der Waals surface area contributed by atoms with Crippen molar-refractivity contribution in [3.8, 4) is 0 Å². The van der Waals surface area contributed by atoms with E-state index in [9.17, 15) is 15.0 Å². The van der Waals surface area contributed by atoms with Crippen molar-refractivity contribution in [2.24, 2.45) is 11.8 Å². The Morgan fingerprint density at radius 2 is 1.16 bits per heavy atom. The van der Waals surface area contributed by atoms with Crippen LogP contribution in [0.3, 0.4) is 0 Å². The lowest BCUT2D eigenvalue weighted by Gasteiger charge is -2.18. The van der Waals surface area contributed by atoms with Gasteiger partial charge in [-0.05, 0) is 43.9 Å². The third-order valence-electron chi connectivity index (χ3n) is 5.21. The Balaban J connectivity index is 3.67. The molecule has 0 aliphatic carbocycles. The highest BCUT2D eigenvalue weighted by Crippen LogP contribution is 2.22. The second-order valence-corrected chi connectivity index (χ2v) is 7.53. The molecule has 4 heteroatoms. The highest BCUT2D eigenvalue weighted by molar-refractivity contribution is 5.79. The van der Waals surface area contributed by atoms with Crippen molar-refractivity contribution in [2.45, 2.75) is 96.8 Å². The van der Waals surface area contributed by atoms with Crippen LogP contribution < -0.4 is 0 Å². The molecule has 2 unspecified atom stereocenters. The van der Waals surface area contributed by atoms with Gasteiger partial charge in [0.05, 0.1) is 0 Å². The number of aliphatic hydroxyl groups excluding tert-OH is 3. The molecule has 0 radical (unpaired) electrons. The minimum Gasteiger partial charge on any atom is -0.396 e. The fourth-order valence-electron chi connectivity index (χ4n) is 3.35. The van der Waals surface area contributed by atoms with Gasteiger partial charge in [0.15, 0.2) is 5.78 Å². The predicted octanol–water partition coefficient (Wildman–Crippen LogP) is 4.25. The van der Waals surface area contributed by atoms with Gasteiger partial charge in [0, 0.05) is 19.6 Å². The first-order valence-electron chi connectivity index (χ1n) is 10.5. The van der Waals surface area contributed by atoms with Crippen LogP contribution in [0.2, 0.25) is 0 Å². The lowest BCUT2D eigenvalue weighted by Crippen LogP contribution is -2.12. The summed E-state index contributed by atoms with van der Waals surface area (Å²) in [7, 11) is 0. The van der Waals surface area contributed by atoms with Gasteiger partial charge in [0.1, 0.15) is 6.61 Å². The van der Waals surface area contributed by atoms with E-state index in [-0.39, 0.29) is 25.6 Å². The molecule has 150 valence electrons. The first kappa shape index (κ1) is 24.6. The molecule has 0 saturated heterocycles. The van der Waals surface area contributed by atoms with Crippen LogP contribution in [-0.4, -0.2) is 40.9 Å². The van der Waals surface area contributed by atoms with E-state index >= 15 is 0 Å². The zero-order valence-electron chi connectivity index (χ0n) is 16.4. The van der Waals surface area contributed by atoms with Crippen LogP contribution in [-0.2, 0) is 4.79 Å². The Hall–Kier alpha value is -0.450. The number of hydrogen-bond donors (Lipinski definition) is 3. The molecule has 0 rings (SSSR count). The molecule has 0 aromatic carbocycles. The molecule has 0 aliphatic heterocycles. The van der Waals surface area contributed by atoms with E-state index in [1.807, 2.05) is 0 Å². The zero-order chi connectivity index (χ0) is 18.8. The Bertz CT molecular complexity index is 294. The molecule has 0 aromatic rings. The van der Waals surface area contributed by atoms with Gasteiger partial charge in [-0.3, -0.25) is 4.79 Å². The van der Waals surface area contributed by atoms with E-state index in [0.29, 0.717) is 18.3 Å². The van der Waals surface area contributed by atoms with Crippen molar-refractivity contribution in [3.05, 3.63) is 0 Å². The SMILES string of the molecule is CCCCCCC(CO)CCC(CO)CCCCCCCC(=O)CO. The van der Waals surface area contributed by atoms with Gasteiger partial charge in [0.25, 0.3) is 0 Å². The third kappa shape index (κ3) is 15.5. The summed E-state index contributed by atoms with van der Waals surface area (Å²) in [6, 6.07) is 0. The summed E-state index contributed by atoms with van der Waals surface area (Å²) < 4.78 is 0. The zero-order valence-corrected chi connectivity index (χ0v) is 16.4. The van der Waals surface area contributed by atoms with Gasteiger partial charge in [-0.2, -0.15) is 0 Å². The third-order valence-corrected chi connectivity index (χ3v) is 5.21. The summed E-state index contributed by atoms with van der Waals surface area (Å²) >= 11 is 0. The van der Waals surface area contributed by atoms with Crippen LogP contribution in [0.5, 0.6) is 0 Å². The second-order valence-electron chi connectivity index (χ2n) is 7.53. The van der Waals surface area contributed by atoms with Crippen molar-refractivity contribution in [1.29, 1.82) is 0 Å². The second kappa shape index (κ2) is 18.3. The average Bonchev–Trinajstić information content (AvgIpc) is 2.64. The van der Waals surface area contributed by atoms with Crippen LogP contribution in [0.25, 0.3) is 0 Å². The quantitative estimate of drug-likeness (QED) is 0.302. The molecule has 0 aliphatic rings. The van der Waals surface area contributed by atoms with E-state index in [1.165, 1.54) is 25.7 Å². The van der Waals surface area contributed by atoms with Gasteiger partial charge in [-0.25, -0.2) is 0 Å². The summed E-state index contributed by atoms with van der Waals surface area (Å²) in [5.41, 5.74) is 0. The summed E-state index contributed by atoms with van der Waals surface area (Å²) in [4.78, 5) is 11.0. The number of carbonyl (C=O) groups excluding carboxylic acids is 1. The van der Waals surface area contributed by atoms with Gasteiger partial charge >= 0.3 is 0 Å². The summed E-state index contributed by atoms with van der Waals surface area (Å²) in [6.45, 7) is 2.41. The molecule has 0 fully saturated rings. The van der Waals surface area contributed by atoms with Crippen molar-refractivity contribution >= 4 is 5.78 Å². The van der Waals surface area contributed by atoms with Gasteiger partial charge in [0.2, 0.25) is 0 Å². The minimum absolute atomic E-state index is 0.0616. The number of hydrogen-bond acceptors (Lipinski definition) is 4. The molecular weight excluding hydrogens is 316 g/mol. The first-order valence-corrected chi connectivity index (χ1v) is 10.5. The van der Waals surface area contributed by atoms with Crippen LogP contribution in [0.4, 0.5) is 0 Å². The van der Waals surface area contributed by atoms with E-state index in [4.69, 9.17) is 5.11 Å². The molecule has 2 atom stereocenters. The van der Waals surface area contributed by atoms with Crippen molar-refractivity contribution in [3.63, 3.8) is 0 Å². The number of unbranched alkanes of at least 4 members (excludes halogenated alkanes) is 7. The highest BCUT2D eigenvalue weighted by atomic mass is 16.3. The maximum absolute atomic E-state index is 11.0. The standard InChI is InChI=1S/C21H42O4/c1-2-3-4-8-11-19(16-22)14-15-20(17-23)12-9-6-5-7-10-13-21(25)18-24/h19-20,22-24H,2-18H2,1H3. The molecule has 25 heavy (non-hydrogen) atoms. The molecule has 0 bridgehead atoms. The van der Waals surface area contributed by atoms with Gasteiger partial charge in [-0.1, -0.05) is 58.3 Å². The molecule has 0 aromatic heterocycles. The molecule has 0 saturated carbocycles. The molecule has 0 spiro atoms. The topological polar surface area (TPSA) is 77.8 Å². The summed E-state index contributed by atoms with van der Waals surface area (Å²) in [6.07, 6.45) is 15.0. The van der Waals surface area contributed by atoms with Crippen LogP contribution in [0, 0.1) is 11.8 Å². The largest absolute Gasteiger partial charge is 0.396 e. The smallest absolute Gasteiger partial charge is 0.158 e. The van der Waals surface area contributed by atoms with E-state index in [0.717, 1.165) is 57.8 Å². The van der Waals surface area contributed by atoms with Crippen LogP contribution in [0.1, 0.15) is 96.8 Å². The van der Waals surface area contributed by atoms with Gasteiger partial charge in [-0.15, -0.1) is 0 Å². The summed E-state index contributed by atoms with van der Waals surface area (Å²) in [5, 5.41) is 27.7. The van der Waals surface area contributed by atoms with Crippen molar-refractivity contribution in [2.75, 3.05) is 19.8 Å². The number of rotatable bonds is 19. The Kier molecular flexibility index (Phi) is 18.0. The van der Waals surface area contributed by atoms with Crippen molar-refractivity contribution in [1.82, 2.24) is 0 Å². The monoisotopic (exact) mass is 358 g/mol. The fourth-order valence-corrected chi connectivity index (χ4v) is 3.35. The molecule has 0 amide bonds. The Morgan fingerprint density at radius 3 is 1.64 bits per heavy atom. The predicted molar refractivity (Wildman–Crippen MR) is 104 cm³/mol. The Morgan fingerprint density at radius 1 is 0.680 bits per heavy atom. The fraction of sp³-hybridized carbons (Fsp3) is 0.952.